The Hall–Kier alpha value is -3.29. The van der Waals surface area contributed by atoms with Gasteiger partial charge in [0, 0.05) is 13.0 Å². The molecule has 1 fully saturated rings. The van der Waals surface area contributed by atoms with Gasteiger partial charge in [-0.15, -0.1) is 5.01 Å². The minimum Gasteiger partial charge on any atom is -0.847 e. The summed E-state index contributed by atoms with van der Waals surface area (Å²) in [6.07, 6.45) is -1.41. The number of nitrogens with one attached hydrogen (secondary N) is 1. The number of quaternary nitrogens is 1. The molecule has 0 spiro atoms. The highest BCUT2D eigenvalue weighted by Gasteiger charge is 2.51. The molecule has 2 aliphatic rings. The lowest BCUT2D eigenvalue weighted by Gasteiger charge is -2.41. The molecule has 2 aromatic rings. The molecule has 142 valence electrons. The molecule has 1 aliphatic heterocycles. The van der Waals surface area contributed by atoms with Crippen molar-refractivity contribution >= 4 is 28.8 Å². The van der Waals surface area contributed by atoms with Crippen molar-refractivity contribution in [3.63, 3.8) is 0 Å². The molecule has 0 bridgehead atoms. The molecule has 3 unspecified atom stereocenters. The van der Waals surface area contributed by atoms with Crippen LogP contribution in [0.15, 0.2) is 70.9 Å². The quantitative estimate of drug-likeness (QED) is 0.795. The molecule has 1 heterocycles. The number of ketones is 1. The lowest BCUT2D eigenvalue weighted by molar-refractivity contribution is -0.837. The number of benzene rings is 2. The summed E-state index contributed by atoms with van der Waals surface area (Å²) in [5, 5.41) is 24.5. The van der Waals surface area contributed by atoms with E-state index in [1.807, 2.05) is 30.3 Å². The van der Waals surface area contributed by atoms with E-state index in [9.17, 15) is 19.8 Å². The Labute approximate surface area is 161 Å². The predicted octanol–water partition coefficient (Wildman–Crippen LogP) is 0.143. The zero-order valence-corrected chi connectivity index (χ0v) is 15.4. The first-order valence-corrected chi connectivity index (χ1v) is 8.92. The fourth-order valence-corrected chi connectivity index (χ4v) is 3.65. The first-order valence-electron chi connectivity index (χ1n) is 8.92. The topological polar surface area (TPSA) is 97.5 Å². The number of carbonyl (C=O) groups is 2. The zero-order valence-electron chi connectivity index (χ0n) is 15.4. The normalized spacial score (nSPS) is 26.2. The highest BCUT2D eigenvalue weighted by Crippen LogP contribution is 2.33. The number of Topliss-reactive ketones (excluding diaryl/α,β-unsaturated/α-hetero) is 1. The summed E-state index contributed by atoms with van der Waals surface area (Å²) in [6.45, 7) is 1.76. The monoisotopic (exact) mass is 377 g/mol. The van der Waals surface area contributed by atoms with Crippen molar-refractivity contribution in [2.45, 2.75) is 13.0 Å². The van der Waals surface area contributed by atoms with E-state index in [1.165, 1.54) is 17.1 Å². The van der Waals surface area contributed by atoms with Crippen LogP contribution in [0.25, 0.3) is 0 Å². The van der Waals surface area contributed by atoms with E-state index in [4.69, 9.17) is 0 Å². The molecule has 3 atom stereocenters. The van der Waals surface area contributed by atoms with Crippen LogP contribution in [0, 0.1) is 5.92 Å². The van der Waals surface area contributed by atoms with Gasteiger partial charge in [0.1, 0.15) is 11.4 Å². The number of phenolic OH excluding ortho intramolecular Hbond substituents is 1. The molecular weight excluding hydrogens is 358 g/mol. The van der Waals surface area contributed by atoms with Gasteiger partial charge in [-0.3, -0.25) is 14.6 Å². The van der Waals surface area contributed by atoms with E-state index in [0.29, 0.717) is 22.1 Å². The van der Waals surface area contributed by atoms with Crippen molar-refractivity contribution in [3.8, 4) is 5.75 Å². The van der Waals surface area contributed by atoms with E-state index in [0.717, 1.165) is 0 Å². The standard InChI is InChI=1S/C21H18N3O4/c1-12-16(21(28)24(23(12)2)14-8-4-3-5-9-14)17-19(26)18(20(17)27)22-13-7-6-10-15(25)11-13/h3-11,17,19,25H,1-2H3/q-1/p+1. The number of hydrogen-bond acceptors (Lipinski definition) is 5. The summed E-state index contributed by atoms with van der Waals surface area (Å²) in [5.74, 6) is -1.81. The molecule has 0 saturated heterocycles. The summed E-state index contributed by atoms with van der Waals surface area (Å²) < 4.78 is 0. The fraction of sp³-hybridized carbons (Fsp3) is 0.190. The van der Waals surface area contributed by atoms with E-state index >= 15 is 0 Å². The summed E-state index contributed by atoms with van der Waals surface area (Å²) in [4.78, 5) is 29.8. The van der Waals surface area contributed by atoms with Gasteiger partial charge in [-0.2, -0.15) is 5.01 Å². The smallest absolute Gasteiger partial charge is 0.306 e. The SMILES string of the molecule is CC1=C(C2C(=O)C(=Nc3cccc(O)c3)C2[O-])C(=O)N(c2ccccc2)[NH+]1C. The molecule has 1 amide bonds. The first-order chi connectivity index (χ1) is 13.4. The molecule has 7 nitrogen and oxygen atoms in total. The van der Waals surface area contributed by atoms with Gasteiger partial charge in [0.2, 0.25) is 0 Å². The van der Waals surface area contributed by atoms with Crippen LogP contribution in [0.3, 0.4) is 0 Å². The second kappa shape index (κ2) is 6.70. The van der Waals surface area contributed by atoms with Crippen LogP contribution in [0.2, 0.25) is 0 Å². The number of nitrogens with zero attached hydrogens (tertiary/aromatic N) is 2. The second-order valence-electron chi connectivity index (χ2n) is 6.88. The number of aromatic hydroxyl groups is 1. The van der Waals surface area contributed by atoms with Gasteiger partial charge in [0.15, 0.2) is 5.78 Å². The van der Waals surface area contributed by atoms with Gasteiger partial charge in [-0.05, 0) is 24.3 Å². The molecular formula is C21H19N3O4. The minimum absolute atomic E-state index is 0.000808. The second-order valence-corrected chi connectivity index (χ2v) is 6.88. The van der Waals surface area contributed by atoms with E-state index in [1.54, 1.807) is 26.1 Å². The Kier molecular flexibility index (Phi) is 4.33. The van der Waals surface area contributed by atoms with Crippen molar-refractivity contribution in [1.82, 2.24) is 0 Å². The summed E-state index contributed by atoms with van der Waals surface area (Å²) >= 11 is 0. The van der Waals surface area contributed by atoms with Crippen molar-refractivity contribution in [2.75, 3.05) is 12.1 Å². The van der Waals surface area contributed by atoms with Crippen molar-refractivity contribution in [3.05, 3.63) is 65.9 Å². The van der Waals surface area contributed by atoms with Gasteiger partial charge in [-0.1, -0.05) is 30.4 Å². The average molecular weight is 377 g/mol. The third-order valence-electron chi connectivity index (χ3n) is 5.23. The van der Waals surface area contributed by atoms with Crippen LogP contribution in [0.5, 0.6) is 5.75 Å². The maximum atomic E-state index is 13.0. The third-order valence-corrected chi connectivity index (χ3v) is 5.23. The van der Waals surface area contributed by atoms with Crippen LogP contribution < -0.4 is 15.1 Å². The number of phenols is 1. The van der Waals surface area contributed by atoms with Crippen LogP contribution in [-0.4, -0.2) is 35.7 Å². The lowest BCUT2D eigenvalue weighted by Crippen LogP contribution is -3.13. The molecule has 1 saturated carbocycles. The Morgan fingerprint density at radius 3 is 2.46 bits per heavy atom. The maximum Gasteiger partial charge on any atom is 0.306 e. The van der Waals surface area contributed by atoms with Crippen LogP contribution in [-0.2, 0) is 9.59 Å². The van der Waals surface area contributed by atoms with Crippen LogP contribution in [0.4, 0.5) is 11.4 Å². The molecule has 28 heavy (non-hydrogen) atoms. The summed E-state index contributed by atoms with van der Waals surface area (Å²) in [6, 6.07) is 15.2. The fourth-order valence-electron chi connectivity index (χ4n) is 3.65. The van der Waals surface area contributed by atoms with E-state index < -0.39 is 17.8 Å². The lowest BCUT2D eigenvalue weighted by atomic mass is 9.72. The zero-order chi connectivity index (χ0) is 20.0. The number of allylic oxidation sites excluding steroid dienone is 1. The maximum absolute atomic E-state index is 13.0. The minimum atomic E-state index is -1.41. The third kappa shape index (κ3) is 2.72. The van der Waals surface area contributed by atoms with Crippen molar-refractivity contribution < 1.29 is 24.8 Å². The van der Waals surface area contributed by atoms with Gasteiger partial charge in [0.05, 0.1) is 35.6 Å². The Bertz CT molecular complexity index is 1030. The largest absolute Gasteiger partial charge is 0.847 e. The predicted molar refractivity (Wildman–Crippen MR) is 101 cm³/mol. The molecule has 2 N–H and O–H groups in total. The highest BCUT2D eigenvalue weighted by molar-refractivity contribution is 6.51. The Balaban J connectivity index is 1.63. The van der Waals surface area contributed by atoms with E-state index in [2.05, 4.69) is 4.99 Å². The van der Waals surface area contributed by atoms with Gasteiger partial charge >= 0.3 is 5.91 Å². The van der Waals surface area contributed by atoms with Crippen LogP contribution in [0.1, 0.15) is 6.92 Å². The Morgan fingerprint density at radius 1 is 1.11 bits per heavy atom. The number of amides is 1. The molecule has 4 rings (SSSR count). The number of anilines is 1. The van der Waals surface area contributed by atoms with Gasteiger partial charge in [-0.25, -0.2) is 0 Å². The average Bonchev–Trinajstić information content (AvgIpc) is 2.90. The van der Waals surface area contributed by atoms with Crippen LogP contribution >= 0.6 is 0 Å². The Morgan fingerprint density at radius 2 is 1.82 bits per heavy atom. The number of hydrogen-bond donors (Lipinski definition) is 2. The molecule has 0 aromatic heterocycles. The summed E-state index contributed by atoms with van der Waals surface area (Å²) in [7, 11) is 1.80. The molecule has 2 aromatic carbocycles. The number of rotatable bonds is 3. The first kappa shape index (κ1) is 18.1. The van der Waals surface area contributed by atoms with Gasteiger partial charge in [0.25, 0.3) is 0 Å². The number of aliphatic imine (C=N–C) groups is 1. The molecule has 7 heteroatoms. The summed E-state index contributed by atoms with van der Waals surface area (Å²) in [5.41, 5.74) is 1.83. The molecule has 1 aliphatic carbocycles. The van der Waals surface area contributed by atoms with E-state index in [-0.39, 0.29) is 22.9 Å². The molecule has 0 radical (unpaired) electrons. The highest BCUT2D eigenvalue weighted by atomic mass is 16.3. The number of carbonyl (C=O) groups excluding carboxylic acids is 2. The van der Waals surface area contributed by atoms with Gasteiger partial charge < -0.3 is 10.2 Å². The van der Waals surface area contributed by atoms with Crippen molar-refractivity contribution in [2.24, 2.45) is 10.9 Å². The number of para-hydroxylation sites is 1. The van der Waals surface area contributed by atoms with Crippen molar-refractivity contribution in [1.29, 1.82) is 0 Å².